The van der Waals surface area contributed by atoms with E-state index in [4.69, 9.17) is 9.47 Å². The van der Waals surface area contributed by atoms with Crippen molar-refractivity contribution in [3.63, 3.8) is 0 Å². The van der Waals surface area contributed by atoms with Crippen LogP contribution >= 0.6 is 0 Å². The summed E-state index contributed by atoms with van der Waals surface area (Å²) in [7, 11) is 0. The first-order valence-corrected chi connectivity index (χ1v) is 7.22. The molecule has 0 amide bonds. The molecular weight excluding hydrogens is 254 g/mol. The molecule has 0 saturated carbocycles. The molecule has 0 aliphatic carbocycles. The highest BCUT2D eigenvalue weighted by Crippen LogP contribution is 2.18. The van der Waals surface area contributed by atoms with Gasteiger partial charge in [-0.2, -0.15) is 0 Å². The number of hydrogen-bond acceptors (Lipinski definition) is 4. The maximum Gasteiger partial charge on any atom is 0.134 e. The Morgan fingerprint density at radius 3 is 2.95 bits per heavy atom. The Labute approximate surface area is 121 Å². The van der Waals surface area contributed by atoms with E-state index in [1.54, 1.807) is 0 Å². The molecule has 1 aliphatic rings. The van der Waals surface area contributed by atoms with Crippen LogP contribution in [0, 0.1) is 6.92 Å². The molecule has 4 heteroatoms. The number of aryl methyl sites for hydroxylation is 1. The molecular formula is C16H25NO3. The van der Waals surface area contributed by atoms with Crippen LogP contribution in [0.4, 0.5) is 0 Å². The third kappa shape index (κ3) is 4.20. The van der Waals surface area contributed by atoms with Crippen molar-refractivity contribution >= 4 is 0 Å². The Hall–Kier alpha value is -1.10. The molecule has 0 unspecified atom stereocenters. The molecule has 112 valence electrons. The molecule has 1 N–H and O–H groups in total. The van der Waals surface area contributed by atoms with Crippen LogP contribution in [0.15, 0.2) is 24.3 Å². The van der Waals surface area contributed by atoms with Crippen molar-refractivity contribution in [2.45, 2.75) is 32.4 Å². The first-order chi connectivity index (χ1) is 9.48. The lowest BCUT2D eigenvalue weighted by atomic mass is 10.1. The predicted molar refractivity (Wildman–Crippen MR) is 79.2 cm³/mol. The summed E-state index contributed by atoms with van der Waals surface area (Å²) in [6.07, 6.45) is 0. The van der Waals surface area contributed by atoms with E-state index in [-0.39, 0.29) is 6.61 Å². The fourth-order valence-electron chi connectivity index (χ4n) is 2.40. The Bertz CT molecular complexity index is 435. The second-order valence-corrected chi connectivity index (χ2v) is 5.95. The highest BCUT2D eigenvalue weighted by molar-refractivity contribution is 5.27. The van der Waals surface area contributed by atoms with E-state index in [0.717, 1.165) is 17.9 Å². The van der Waals surface area contributed by atoms with E-state index in [1.165, 1.54) is 0 Å². The molecule has 1 aromatic carbocycles. The van der Waals surface area contributed by atoms with Crippen LogP contribution in [0.1, 0.15) is 19.4 Å². The number of ether oxygens (including phenoxy) is 2. The van der Waals surface area contributed by atoms with Crippen LogP contribution in [0.25, 0.3) is 0 Å². The summed E-state index contributed by atoms with van der Waals surface area (Å²) in [5, 5.41) is 10.7. The van der Waals surface area contributed by atoms with Crippen molar-refractivity contribution in [3.8, 4) is 5.75 Å². The highest BCUT2D eigenvalue weighted by Gasteiger charge is 2.34. The lowest BCUT2D eigenvalue weighted by Crippen LogP contribution is -2.50. The largest absolute Gasteiger partial charge is 0.490 e. The van der Waals surface area contributed by atoms with Crippen molar-refractivity contribution in [3.05, 3.63) is 29.8 Å². The Kier molecular flexibility index (Phi) is 5.02. The summed E-state index contributed by atoms with van der Waals surface area (Å²) in [6, 6.07) is 8.26. The zero-order valence-electron chi connectivity index (χ0n) is 12.6. The van der Waals surface area contributed by atoms with Gasteiger partial charge in [0.05, 0.1) is 13.2 Å². The number of nitrogens with zero attached hydrogens (tertiary/aromatic N) is 1. The van der Waals surface area contributed by atoms with Gasteiger partial charge in [0.1, 0.15) is 18.0 Å². The van der Waals surface area contributed by atoms with E-state index in [2.05, 4.69) is 18.7 Å². The molecule has 20 heavy (non-hydrogen) atoms. The Balaban J connectivity index is 1.98. The highest BCUT2D eigenvalue weighted by atomic mass is 16.5. The van der Waals surface area contributed by atoms with E-state index in [9.17, 15) is 5.11 Å². The van der Waals surface area contributed by atoms with Gasteiger partial charge in [0.15, 0.2) is 0 Å². The van der Waals surface area contributed by atoms with Crippen LogP contribution in [-0.4, -0.2) is 54.6 Å². The minimum Gasteiger partial charge on any atom is -0.490 e. The molecule has 1 saturated heterocycles. The molecule has 4 nitrogen and oxygen atoms in total. The molecule has 1 fully saturated rings. The fraction of sp³-hybridized carbons (Fsp3) is 0.625. The van der Waals surface area contributed by atoms with Crippen LogP contribution in [-0.2, 0) is 4.74 Å². The van der Waals surface area contributed by atoms with Crippen molar-refractivity contribution < 1.29 is 14.6 Å². The number of β-amino-alcohol motifs (C(OH)–C–C–N with tert-alkyl or cyclic N) is 1. The fourth-order valence-corrected chi connectivity index (χ4v) is 2.40. The smallest absolute Gasteiger partial charge is 0.134 e. The van der Waals surface area contributed by atoms with Crippen LogP contribution in [0.5, 0.6) is 5.75 Å². The molecule has 0 spiro atoms. The number of rotatable bonds is 4. The average molecular weight is 279 g/mol. The molecule has 1 heterocycles. The quantitative estimate of drug-likeness (QED) is 0.913. The Morgan fingerprint density at radius 1 is 1.45 bits per heavy atom. The van der Waals surface area contributed by atoms with Gasteiger partial charge in [-0.05, 0) is 38.5 Å². The normalized spacial score (nSPS) is 24.6. The number of hydrogen-bond donors (Lipinski definition) is 1. The zero-order chi connectivity index (χ0) is 14.6. The summed E-state index contributed by atoms with van der Waals surface area (Å²) in [5.74, 6) is 0.791. The third-order valence-electron chi connectivity index (χ3n) is 3.62. The summed E-state index contributed by atoms with van der Waals surface area (Å²) >= 11 is 0. The first kappa shape index (κ1) is 15.3. The lowest BCUT2D eigenvalue weighted by molar-refractivity contribution is -0.0661. The van der Waals surface area contributed by atoms with Gasteiger partial charge in [-0.3, -0.25) is 4.90 Å². The van der Waals surface area contributed by atoms with Crippen molar-refractivity contribution in [1.29, 1.82) is 0 Å². The molecule has 1 atom stereocenters. The average Bonchev–Trinajstić information content (AvgIpc) is 2.59. The second-order valence-electron chi connectivity index (χ2n) is 5.95. The Morgan fingerprint density at radius 2 is 2.25 bits per heavy atom. The van der Waals surface area contributed by atoms with Gasteiger partial charge in [0.2, 0.25) is 0 Å². The third-order valence-corrected chi connectivity index (χ3v) is 3.62. The summed E-state index contributed by atoms with van der Waals surface area (Å²) < 4.78 is 11.3. The summed E-state index contributed by atoms with van der Waals surface area (Å²) in [4.78, 5) is 2.23. The minimum atomic E-state index is -0.954. The molecule has 0 aromatic heterocycles. The molecule has 0 bridgehead atoms. The maximum absolute atomic E-state index is 10.7. The first-order valence-electron chi connectivity index (χ1n) is 7.22. The van der Waals surface area contributed by atoms with Crippen molar-refractivity contribution in [2.75, 3.05) is 32.9 Å². The number of benzene rings is 1. The van der Waals surface area contributed by atoms with Gasteiger partial charge in [0.25, 0.3) is 0 Å². The molecule has 0 radical (unpaired) electrons. The van der Waals surface area contributed by atoms with Crippen molar-refractivity contribution in [1.82, 2.24) is 4.90 Å². The van der Waals surface area contributed by atoms with E-state index < -0.39 is 5.60 Å². The van der Waals surface area contributed by atoms with Gasteiger partial charge in [-0.25, -0.2) is 0 Å². The summed E-state index contributed by atoms with van der Waals surface area (Å²) in [5.41, 5.74) is 0.195. The van der Waals surface area contributed by atoms with Crippen LogP contribution in [0.3, 0.4) is 0 Å². The second kappa shape index (κ2) is 6.57. The van der Waals surface area contributed by atoms with Gasteiger partial charge >= 0.3 is 0 Å². The minimum absolute atomic E-state index is 0.250. The number of aliphatic hydroxyl groups is 1. The predicted octanol–water partition coefficient (Wildman–Crippen LogP) is 1.85. The van der Waals surface area contributed by atoms with Crippen molar-refractivity contribution in [2.24, 2.45) is 0 Å². The monoisotopic (exact) mass is 279 g/mol. The van der Waals surface area contributed by atoms with E-state index in [0.29, 0.717) is 25.8 Å². The SMILES string of the molecule is Cc1cccc(OC[C@]2(O)COCCN(C(C)C)C2)c1. The molecule has 1 aliphatic heterocycles. The standard InChI is InChI=1S/C16H25NO3/c1-13(2)17-7-8-19-11-16(18,10-17)12-20-15-6-4-5-14(3)9-15/h4-6,9,13,18H,7-8,10-12H2,1-3H3/t16-/m1/s1. The van der Waals surface area contributed by atoms with Gasteiger partial charge in [0, 0.05) is 19.1 Å². The molecule has 2 rings (SSSR count). The van der Waals surface area contributed by atoms with E-state index >= 15 is 0 Å². The topological polar surface area (TPSA) is 41.9 Å². The summed E-state index contributed by atoms with van der Waals surface area (Å²) in [6.45, 7) is 8.95. The van der Waals surface area contributed by atoms with Crippen LogP contribution < -0.4 is 4.74 Å². The van der Waals surface area contributed by atoms with Gasteiger partial charge < -0.3 is 14.6 Å². The van der Waals surface area contributed by atoms with Gasteiger partial charge in [-0.15, -0.1) is 0 Å². The van der Waals surface area contributed by atoms with Crippen LogP contribution in [0.2, 0.25) is 0 Å². The molecule has 1 aromatic rings. The van der Waals surface area contributed by atoms with E-state index in [1.807, 2.05) is 31.2 Å². The van der Waals surface area contributed by atoms with Gasteiger partial charge in [-0.1, -0.05) is 12.1 Å². The lowest BCUT2D eigenvalue weighted by Gasteiger charge is -2.32. The maximum atomic E-state index is 10.7. The zero-order valence-corrected chi connectivity index (χ0v) is 12.6.